The van der Waals surface area contributed by atoms with Crippen LogP contribution in [0.25, 0.3) is 11.5 Å². The molecule has 0 fully saturated rings. The van der Waals surface area contributed by atoms with Gasteiger partial charge in [-0.25, -0.2) is 9.97 Å². The molecule has 2 heterocycles. The van der Waals surface area contributed by atoms with Crippen molar-refractivity contribution in [3.8, 4) is 17.3 Å². The second kappa shape index (κ2) is 5.90. The number of carbonyl (C=O) groups excluding carboxylic acids is 1. The summed E-state index contributed by atoms with van der Waals surface area (Å²) >= 11 is 0. The second-order valence-electron chi connectivity index (χ2n) is 4.03. The van der Waals surface area contributed by atoms with E-state index in [9.17, 15) is 4.79 Å². The van der Waals surface area contributed by atoms with E-state index < -0.39 is 0 Å². The van der Waals surface area contributed by atoms with Gasteiger partial charge in [-0.2, -0.15) is 0 Å². The van der Waals surface area contributed by atoms with Gasteiger partial charge in [-0.3, -0.25) is 9.78 Å². The van der Waals surface area contributed by atoms with Gasteiger partial charge in [0, 0.05) is 20.3 Å². The number of ether oxygens (including phenoxy) is 1. The van der Waals surface area contributed by atoms with Crippen molar-refractivity contribution in [3.05, 3.63) is 36.8 Å². The van der Waals surface area contributed by atoms with Gasteiger partial charge in [-0.05, 0) is 12.1 Å². The summed E-state index contributed by atoms with van der Waals surface area (Å²) in [4.78, 5) is 25.3. The highest BCUT2D eigenvalue weighted by molar-refractivity contribution is 5.77. The first-order valence-electron chi connectivity index (χ1n) is 5.73. The molecule has 0 aliphatic rings. The maximum atomic E-state index is 11.4. The minimum Gasteiger partial charge on any atom is -0.481 e. The van der Waals surface area contributed by atoms with Gasteiger partial charge in [0.15, 0.2) is 18.2 Å². The summed E-state index contributed by atoms with van der Waals surface area (Å²) in [6.45, 7) is -0.0285. The quantitative estimate of drug-likeness (QED) is 0.818. The molecule has 98 valence electrons. The van der Waals surface area contributed by atoms with Crippen molar-refractivity contribution in [1.29, 1.82) is 0 Å². The van der Waals surface area contributed by atoms with Crippen LogP contribution in [0.4, 0.5) is 0 Å². The van der Waals surface area contributed by atoms with Crippen molar-refractivity contribution >= 4 is 5.91 Å². The predicted molar refractivity (Wildman–Crippen MR) is 69.5 cm³/mol. The average molecular weight is 258 g/mol. The van der Waals surface area contributed by atoms with Gasteiger partial charge in [-0.1, -0.05) is 6.07 Å². The second-order valence-corrected chi connectivity index (χ2v) is 4.03. The van der Waals surface area contributed by atoms with Crippen LogP contribution in [0.5, 0.6) is 5.75 Å². The summed E-state index contributed by atoms with van der Waals surface area (Å²) in [6.07, 6.45) is 4.73. The topological polar surface area (TPSA) is 68.2 Å². The number of carbonyl (C=O) groups is 1. The van der Waals surface area contributed by atoms with Gasteiger partial charge in [0.2, 0.25) is 0 Å². The Balaban J connectivity index is 2.01. The molecule has 2 aromatic rings. The molecular formula is C13H14N4O2. The third-order valence-electron chi connectivity index (χ3n) is 2.38. The van der Waals surface area contributed by atoms with E-state index in [2.05, 4.69) is 15.0 Å². The van der Waals surface area contributed by atoms with Gasteiger partial charge < -0.3 is 9.64 Å². The van der Waals surface area contributed by atoms with E-state index in [1.165, 1.54) is 17.3 Å². The Morgan fingerprint density at radius 3 is 2.53 bits per heavy atom. The number of aromatic nitrogens is 3. The van der Waals surface area contributed by atoms with E-state index in [0.29, 0.717) is 17.3 Å². The highest BCUT2D eigenvalue weighted by Crippen LogP contribution is 2.13. The molecule has 0 radical (unpaired) electrons. The Morgan fingerprint density at radius 2 is 1.95 bits per heavy atom. The lowest BCUT2D eigenvalue weighted by atomic mass is 10.3. The molecule has 2 rings (SSSR count). The first-order chi connectivity index (χ1) is 9.16. The van der Waals surface area contributed by atoms with E-state index in [4.69, 9.17) is 4.74 Å². The van der Waals surface area contributed by atoms with Crippen LogP contribution in [0.1, 0.15) is 0 Å². The molecular weight excluding hydrogens is 244 g/mol. The molecule has 0 saturated heterocycles. The monoisotopic (exact) mass is 258 g/mol. The number of pyridine rings is 1. The summed E-state index contributed by atoms with van der Waals surface area (Å²) in [5.74, 6) is 0.857. The van der Waals surface area contributed by atoms with Crippen LogP contribution in [0.3, 0.4) is 0 Å². The summed E-state index contributed by atoms with van der Waals surface area (Å²) in [5, 5.41) is 0. The Hall–Kier alpha value is -2.50. The third-order valence-corrected chi connectivity index (χ3v) is 2.38. The molecule has 1 amide bonds. The summed E-state index contributed by atoms with van der Waals surface area (Å²) in [6, 6.07) is 5.52. The number of hydrogen-bond donors (Lipinski definition) is 0. The molecule has 0 aliphatic heterocycles. The molecule has 0 N–H and O–H groups in total. The molecule has 0 unspecified atom stereocenters. The fourth-order valence-electron chi connectivity index (χ4n) is 1.29. The average Bonchev–Trinajstić information content (AvgIpc) is 2.46. The van der Waals surface area contributed by atoms with E-state index in [1.54, 1.807) is 20.3 Å². The summed E-state index contributed by atoms with van der Waals surface area (Å²) in [5.41, 5.74) is 0.693. The highest BCUT2D eigenvalue weighted by Gasteiger charge is 2.06. The number of hydrogen-bond acceptors (Lipinski definition) is 5. The van der Waals surface area contributed by atoms with Crippen LogP contribution in [-0.4, -0.2) is 46.5 Å². The van der Waals surface area contributed by atoms with Crippen molar-refractivity contribution in [2.45, 2.75) is 0 Å². The normalized spacial score (nSPS) is 10.0. The SMILES string of the molecule is CN(C)C(=O)COc1cnc(-c2ccccn2)nc1. The summed E-state index contributed by atoms with van der Waals surface area (Å²) < 4.78 is 5.28. The summed E-state index contributed by atoms with van der Waals surface area (Å²) in [7, 11) is 3.35. The molecule has 0 saturated carbocycles. The zero-order valence-corrected chi connectivity index (χ0v) is 10.8. The van der Waals surface area contributed by atoms with E-state index in [0.717, 1.165) is 0 Å². The number of rotatable bonds is 4. The zero-order valence-electron chi connectivity index (χ0n) is 10.8. The maximum absolute atomic E-state index is 11.4. The highest BCUT2D eigenvalue weighted by atomic mass is 16.5. The lowest BCUT2D eigenvalue weighted by molar-refractivity contribution is -0.130. The van der Waals surface area contributed by atoms with Gasteiger partial charge in [-0.15, -0.1) is 0 Å². The van der Waals surface area contributed by atoms with Crippen LogP contribution in [0, 0.1) is 0 Å². The van der Waals surface area contributed by atoms with Gasteiger partial charge in [0.1, 0.15) is 5.69 Å². The number of nitrogens with zero attached hydrogens (tertiary/aromatic N) is 4. The number of likely N-dealkylation sites (N-methyl/N-ethyl adjacent to an activating group) is 1. The van der Waals surface area contributed by atoms with Crippen molar-refractivity contribution in [3.63, 3.8) is 0 Å². The van der Waals surface area contributed by atoms with Crippen molar-refractivity contribution in [2.24, 2.45) is 0 Å². The zero-order chi connectivity index (χ0) is 13.7. The van der Waals surface area contributed by atoms with E-state index in [-0.39, 0.29) is 12.5 Å². The van der Waals surface area contributed by atoms with Crippen LogP contribution in [0.2, 0.25) is 0 Å². The van der Waals surface area contributed by atoms with Crippen molar-refractivity contribution < 1.29 is 9.53 Å². The molecule has 0 bridgehead atoms. The third kappa shape index (κ3) is 3.48. The minimum atomic E-state index is -0.117. The molecule has 0 aliphatic carbocycles. The Labute approximate surface area is 111 Å². The van der Waals surface area contributed by atoms with Gasteiger partial charge in [0.25, 0.3) is 5.91 Å². The molecule has 2 aromatic heterocycles. The standard InChI is InChI=1S/C13H14N4O2/c1-17(2)12(18)9-19-10-7-15-13(16-8-10)11-5-3-4-6-14-11/h3-8H,9H2,1-2H3. The van der Waals surface area contributed by atoms with Crippen molar-refractivity contribution in [2.75, 3.05) is 20.7 Å². The van der Waals surface area contributed by atoms with E-state index >= 15 is 0 Å². The first kappa shape index (κ1) is 12.9. The Morgan fingerprint density at radius 1 is 1.21 bits per heavy atom. The largest absolute Gasteiger partial charge is 0.481 e. The molecule has 6 heteroatoms. The fourth-order valence-corrected chi connectivity index (χ4v) is 1.29. The van der Waals surface area contributed by atoms with Crippen LogP contribution in [0.15, 0.2) is 36.8 Å². The van der Waals surface area contributed by atoms with Crippen LogP contribution >= 0.6 is 0 Å². The Bertz CT molecular complexity index is 540. The number of amides is 1. The lowest BCUT2D eigenvalue weighted by Crippen LogP contribution is -2.27. The molecule has 6 nitrogen and oxygen atoms in total. The smallest absolute Gasteiger partial charge is 0.259 e. The molecule has 0 atom stereocenters. The molecule has 19 heavy (non-hydrogen) atoms. The van der Waals surface area contributed by atoms with Gasteiger partial charge in [0.05, 0.1) is 12.4 Å². The predicted octanol–water partition coefficient (Wildman–Crippen LogP) is 1.01. The first-order valence-corrected chi connectivity index (χ1v) is 5.73. The molecule has 0 aromatic carbocycles. The Kier molecular flexibility index (Phi) is 4.02. The maximum Gasteiger partial charge on any atom is 0.259 e. The minimum absolute atomic E-state index is 0.0285. The fraction of sp³-hybridized carbons (Fsp3) is 0.231. The molecule has 0 spiro atoms. The van der Waals surface area contributed by atoms with Gasteiger partial charge >= 0.3 is 0 Å². The van der Waals surface area contributed by atoms with Crippen LogP contribution in [-0.2, 0) is 4.79 Å². The lowest BCUT2D eigenvalue weighted by Gasteiger charge is -2.10. The van der Waals surface area contributed by atoms with Crippen LogP contribution < -0.4 is 4.74 Å². The van der Waals surface area contributed by atoms with Crippen molar-refractivity contribution in [1.82, 2.24) is 19.9 Å². The van der Waals surface area contributed by atoms with E-state index in [1.807, 2.05) is 18.2 Å².